The molecule has 10 aromatic carbocycles. The average Bonchev–Trinajstić information content (AvgIpc) is 3.75. The molecule has 2 nitrogen and oxygen atoms in total. The summed E-state index contributed by atoms with van der Waals surface area (Å²) >= 11 is 0. The first-order chi connectivity index (χ1) is 26.8. The summed E-state index contributed by atoms with van der Waals surface area (Å²) in [4.78, 5) is 0. The molecule has 0 N–H and O–H groups in total. The minimum Gasteiger partial charge on any atom is -0.309 e. The number of hydrogen-bond donors (Lipinski definition) is 0. The molecule has 12 rings (SSSR count). The Morgan fingerprint density at radius 3 is 1.56 bits per heavy atom. The molecule has 0 aliphatic rings. The van der Waals surface area contributed by atoms with E-state index in [1.165, 1.54) is 109 Å². The van der Waals surface area contributed by atoms with E-state index in [9.17, 15) is 0 Å². The largest absolute Gasteiger partial charge is 0.309 e. The van der Waals surface area contributed by atoms with E-state index in [1.54, 1.807) is 0 Å². The number of para-hydroxylation sites is 3. The lowest BCUT2D eigenvalue weighted by Gasteiger charge is -2.17. The maximum Gasteiger partial charge on any atom is 0.0547 e. The van der Waals surface area contributed by atoms with Gasteiger partial charge in [-0.2, -0.15) is 0 Å². The summed E-state index contributed by atoms with van der Waals surface area (Å²) in [5.41, 5.74) is 9.62. The van der Waals surface area contributed by atoms with Crippen LogP contribution in [-0.2, 0) is 0 Å². The Balaban J connectivity index is 1.16. The van der Waals surface area contributed by atoms with Crippen LogP contribution in [0.1, 0.15) is 0 Å². The zero-order valence-corrected chi connectivity index (χ0v) is 29.4. The van der Waals surface area contributed by atoms with Crippen LogP contribution in [0.25, 0.3) is 109 Å². The predicted molar refractivity (Wildman–Crippen MR) is 231 cm³/mol. The van der Waals surface area contributed by atoms with Crippen LogP contribution < -0.4 is 0 Å². The Kier molecular flexibility index (Phi) is 6.09. The molecule has 0 radical (unpaired) electrons. The lowest BCUT2D eigenvalue weighted by molar-refractivity contribution is 1.18. The van der Waals surface area contributed by atoms with Crippen LogP contribution >= 0.6 is 0 Å². The van der Waals surface area contributed by atoms with Gasteiger partial charge < -0.3 is 9.13 Å². The molecular formula is C52H32N2. The number of nitrogens with zero attached hydrogens (tertiary/aromatic N) is 2. The van der Waals surface area contributed by atoms with Gasteiger partial charge in [-0.25, -0.2) is 0 Å². The van der Waals surface area contributed by atoms with Crippen LogP contribution in [0.3, 0.4) is 0 Å². The quantitative estimate of drug-likeness (QED) is 0.164. The van der Waals surface area contributed by atoms with Gasteiger partial charge in [0.05, 0.1) is 27.8 Å². The molecule has 0 spiro atoms. The van der Waals surface area contributed by atoms with Gasteiger partial charge >= 0.3 is 0 Å². The monoisotopic (exact) mass is 684 g/mol. The first-order valence-electron chi connectivity index (χ1n) is 18.7. The van der Waals surface area contributed by atoms with Crippen molar-refractivity contribution in [1.29, 1.82) is 0 Å². The number of hydrogen-bond acceptors (Lipinski definition) is 0. The highest BCUT2D eigenvalue weighted by Gasteiger charge is 2.19. The minimum atomic E-state index is 1.17. The highest BCUT2D eigenvalue weighted by Crippen LogP contribution is 2.43. The maximum absolute atomic E-state index is 2.51. The van der Waals surface area contributed by atoms with Crippen molar-refractivity contribution in [3.63, 3.8) is 0 Å². The molecule has 0 unspecified atom stereocenters. The SMILES string of the molecule is c1ccc(-n2c3ccccc3c3cc(-c4ccc5c6ccccc6n(-c6cc7ccc8ccccc8c7c7c6ccc6ccccc67)c5c4)ccc32)cc1. The molecule has 2 heterocycles. The maximum atomic E-state index is 2.51. The van der Waals surface area contributed by atoms with E-state index in [2.05, 4.69) is 203 Å². The molecule has 250 valence electrons. The Hall–Kier alpha value is -7.16. The minimum absolute atomic E-state index is 1.17. The third-order valence-corrected chi connectivity index (χ3v) is 11.6. The molecule has 2 aromatic heterocycles. The standard InChI is InChI=1S/C52H32N2/c1-2-14-38(15-3-1)53-46-20-10-9-19-42(46)45-30-35(26-29-48(45)53)36-25-27-43-41-18-8-11-21-47(41)54(49(43)31-36)50-32-37-23-22-33-12-4-6-16-39(33)51(37)52-40-17-7-5-13-34(40)24-28-44(50)52/h1-32H. The van der Waals surface area contributed by atoms with Crippen molar-refractivity contribution in [3.8, 4) is 22.5 Å². The van der Waals surface area contributed by atoms with Gasteiger partial charge in [0.25, 0.3) is 0 Å². The van der Waals surface area contributed by atoms with Gasteiger partial charge in [-0.1, -0.05) is 146 Å². The molecule has 0 atom stereocenters. The number of rotatable bonds is 3. The van der Waals surface area contributed by atoms with Crippen LogP contribution in [0.2, 0.25) is 0 Å². The fourth-order valence-corrected chi connectivity index (χ4v) is 9.27. The van der Waals surface area contributed by atoms with E-state index in [0.29, 0.717) is 0 Å². The van der Waals surface area contributed by atoms with E-state index < -0.39 is 0 Å². The van der Waals surface area contributed by atoms with E-state index >= 15 is 0 Å². The molecule has 0 aliphatic heterocycles. The number of fused-ring (bicyclic) bond motifs is 13. The molecule has 0 fully saturated rings. The van der Waals surface area contributed by atoms with Gasteiger partial charge in [0, 0.05) is 38.0 Å². The van der Waals surface area contributed by atoms with Crippen LogP contribution in [0.4, 0.5) is 0 Å². The van der Waals surface area contributed by atoms with E-state index in [0.717, 1.165) is 0 Å². The predicted octanol–water partition coefficient (Wildman–Crippen LogP) is 14.2. The summed E-state index contributed by atoms with van der Waals surface area (Å²) in [6.07, 6.45) is 0. The molecular weight excluding hydrogens is 653 g/mol. The van der Waals surface area contributed by atoms with Crippen LogP contribution in [0.5, 0.6) is 0 Å². The summed E-state index contributed by atoms with van der Waals surface area (Å²) < 4.78 is 4.90. The summed E-state index contributed by atoms with van der Waals surface area (Å²) in [7, 11) is 0. The zero-order chi connectivity index (χ0) is 35.3. The van der Waals surface area contributed by atoms with Crippen molar-refractivity contribution in [3.05, 3.63) is 194 Å². The van der Waals surface area contributed by atoms with Gasteiger partial charge in [-0.05, 0) is 92.0 Å². The number of aromatic nitrogens is 2. The average molecular weight is 685 g/mol. The Labute approximate surface area is 311 Å². The van der Waals surface area contributed by atoms with Crippen LogP contribution in [0, 0.1) is 0 Å². The van der Waals surface area contributed by atoms with Crippen LogP contribution in [0.15, 0.2) is 194 Å². The van der Waals surface area contributed by atoms with Gasteiger partial charge in [-0.15, -0.1) is 0 Å². The van der Waals surface area contributed by atoms with Gasteiger partial charge in [0.15, 0.2) is 0 Å². The highest BCUT2D eigenvalue weighted by molar-refractivity contribution is 6.29. The fraction of sp³-hybridized carbons (Fsp3) is 0. The normalized spacial score (nSPS) is 12.1. The molecule has 0 amide bonds. The zero-order valence-electron chi connectivity index (χ0n) is 29.4. The molecule has 54 heavy (non-hydrogen) atoms. The Bertz CT molecular complexity index is 3490. The molecule has 0 aliphatic carbocycles. The second-order valence-electron chi connectivity index (χ2n) is 14.5. The van der Waals surface area contributed by atoms with Gasteiger partial charge in [0.1, 0.15) is 0 Å². The lowest BCUT2D eigenvalue weighted by Crippen LogP contribution is -1.97. The van der Waals surface area contributed by atoms with E-state index in [4.69, 9.17) is 0 Å². The molecule has 12 aromatic rings. The summed E-state index contributed by atoms with van der Waals surface area (Å²) in [6, 6.07) is 71.6. The highest BCUT2D eigenvalue weighted by atomic mass is 15.0. The third kappa shape index (κ3) is 4.11. The first kappa shape index (κ1) is 29.4. The van der Waals surface area contributed by atoms with E-state index in [-0.39, 0.29) is 0 Å². The lowest BCUT2D eigenvalue weighted by atomic mass is 9.92. The van der Waals surface area contributed by atoms with Crippen molar-refractivity contribution in [2.75, 3.05) is 0 Å². The fourth-order valence-electron chi connectivity index (χ4n) is 9.27. The van der Waals surface area contributed by atoms with Gasteiger partial charge in [-0.3, -0.25) is 0 Å². The third-order valence-electron chi connectivity index (χ3n) is 11.6. The Morgan fingerprint density at radius 1 is 0.259 bits per heavy atom. The first-order valence-corrected chi connectivity index (χ1v) is 18.7. The summed E-state index contributed by atoms with van der Waals surface area (Å²) in [5.74, 6) is 0. The molecule has 0 saturated heterocycles. The van der Waals surface area contributed by atoms with Crippen molar-refractivity contribution >= 4 is 86.7 Å². The second-order valence-corrected chi connectivity index (χ2v) is 14.5. The summed E-state index contributed by atoms with van der Waals surface area (Å²) in [5, 5.41) is 15.2. The van der Waals surface area contributed by atoms with Gasteiger partial charge in [0.2, 0.25) is 0 Å². The Morgan fingerprint density at radius 2 is 0.778 bits per heavy atom. The van der Waals surface area contributed by atoms with Crippen molar-refractivity contribution in [2.24, 2.45) is 0 Å². The molecule has 2 heteroatoms. The van der Waals surface area contributed by atoms with Crippen LogP contribution in [-0.4, -0.2) is 9.13 Å². The summed E-state index contributed by atoms with van der Waals surface area (Å²) in [6.45, 7) is 0. The van der Waals surface area contributed by atoms with E-state index in [1.807, 2.05) is 0 Å². The topological polar surface area (TPSA) is 9.86 Å². The number of benzene rings is 10. The molecule has 0 bridgehead atoms. The smallest absolute Gasteiger partial charge is 0.0547 e. The molecule has 0 saturated carbocycles. The second kappa shape index (κ2) is 11.2. The van der Waals surface area contributed by atoms with Crippen molar-refractivity contribution < 1.29 is 0 Å². The van der Waals surface area contributed by atoms with Crippen molar-refractivity contribution in [2.45, 2.75) is 0 Å². The van der Waals surface area contributed by atoms with Crippen molar-refractivity contribution in [1.82, 2.24) is 9.13 Å².